The Morgan fingerprint density at radius 1 is 1.41 bits per heavy atom. The molecule has 0 radical (unpaired) electrons. The van der Waals surface area contributed by atoms with Crippen LogP contribution in [0.15, 0.2) is 0 Å². The van der Waals surface area contributed by atoms with E-state index >= 15 is 0 Å². The zero-order chi connectivity index (χ0) is 12.4. The van der Waals surface area contributed by atoms with Crippen molar-refractivity contribution in [3.8, 4) is 0 Å². The number of rotatable bonds is 9. The molecule has 104 valence electrons. The van der Waals surface area contributed by atoms with Gasteiger partial charge in [-0.2, -0.15) is 0 Å². The van der Waals surface area contributed by atoms with Crippen molar-refractivity contribution in [3.05, 3.63) is 0 Å². The maximum Gasteiger partial charge on any atom is 0.236 e. The van der Waals surface area contributed by atoms with E-state index < -0.39 is 0 Å². The SMILES string of the molecule is CCC(C)CN(CC)C(=O)CNCCOC.Cl. The fourth-order valence-electron chi connectivity index (χ4n) is 1.39. The van der Waals surface area contributed by atoms with Gasteiger partial charge in [-0.1, -0.05) is 20.3 Å². The quantitative estimate of drug-likeness (QED) is 0.644. The molecule has 17 heavy (non-hydrogen) atoms. The van der Waals surface area contributed by atoms with Gasteiger partial charge in [-0.15, -0.1) is 12.4 Å². The number of halogens is 1. The molecule has 0 spiro atoms. The van der Waals surface area contributed by atoms with Crippen LogP contribution in [0.4, 0.5) is 0 Å². The molecule has 4 nitrogen and oxygen atoms in total. The normalized spacial score (nSPS) is 11.8. The summed E-state index contributed by atoms with van der Waals surface area (Å²) in [5.74, 6) is 0.752. The molecule has 0 aliphatic rings. The van der Waals surface area contributed by atoms with Crippen LogP contribution in [0.1, 0.15) is 27.2 Å². The van der Waals surface area contributed by atoms with Gasteiger partial charge < -0.3 is 15.0 Å². The molecule has 0 saturated carbocycles. The van der Waals surface area contributed by atoms with Crippen molar-refractivity contribution in [2.45, 2.75) is 27.2 Å². The van der Waals surface area contributed by atoms with Crippen molar-refractivity contribution < 1.29 is 9.53 Å². The van der Waals surface area contributed by atoms with Gasteiger partial charge >= 0.3 is 0 Å². The van der Waals surface area contributed by atoms with Gasteiger partial charge in [-0.25, -0.2) is 0 Å². The van der Waals surface area contributed by atoms with Crippen molar-refractivity contribution in [3.63, 3.8) is 0 Å². The Hall–Kier alpha value is -0.320. The van der Waals surface area contributed by atoms with E-state index in [9.17, 15) is 4.79 Å². The molecule has 0 bridgehead atoms. The fraction of sp³-hybridized carbons (Fsp3) is 0.917. The molecule has 0 aromatic rings. The van der Waals surface area contributed by atoms with Crippen LogP contribution >= 0.6 is 12.4 Å². The number of methoxy groups -OCH3 is 1. The zero-order valence-corrected chi connectivity index (χ0v) is 12.3. The first-order valence-electron chi connectivity index (χ1n) is 6.13. The second kappa shape index (κ2) is 12.1. The highest BCUT2D eigenvalue weighted by molar-refractivity contribution is 5.85. The average Bonchev–Trinajstić information content (AvgIpc) is 2.30. The summed E-state index contributed by atoms with van der Waals surface area (Å²) in [6.45, 7) is 9.78. The summed E-state index contributed by atoms with van der Waals surface area (Å²) < 4.78 is 4.90. The monoisotopic (exact) mass is 266 g/mol. The molecule has 5 heteroatoms. The number of nitrogens with zero attached hydrogens (tertiary/aromatic N) is 1. The number of carbonyl (C=O) groups excluding carboxylic acids is 1. The number of hydrogen-bond acceptors (Lipinski definition) is 3. The Morgan fingerprint density at radius 3 is 2.53 bits per heavy atom. The van der Waals surface area contributed by atoms with E-state index in [1.165, 1.54) is 0 Å². The third kappa shape index (κ3) is 9.39. The van der Waals surface area contributed by atoms with E-state index in [-0.39, 0.29) is 18.3 Å². The molecule has 0 rings (SSSR count). The standard InChI is InChI=1S/C12H26N2O2.ClH/c1-5-11(3)10-14(6-2)12(15)9-13-7-8-16-4;/h11,13H,5-10H2,1-4H3;1H. The Labute approximate surface area is 111 Å². The maximum absolute atomic E-state index is 11.8. The summed E-state index contributed by atoms with van der Waals surface area (Å²) in [4.78, 5) is 13.7. The van der Waals surface area contributed by atoms with Crippen LogP contribution in [0.3, 0.4) is 0 Å². The number of carbonyl (C=O) groups is 1. The number of likely N-dealkylation sites (N-methyl/N-ethyl adjacent to an activating group) is 1. The highest BCUT2D eigenvalue weighted by atomic mass is 35.5. The molecule has 1 unspecified atom stereocenters. The van der Waals surface area contributed by atoms with Gasteiger partial charge in [0, 0.05) is 26.7 Å². The molecule has 0 fully saturated rings. The zero-order valence-electron chi connectivity index (χ0n) is 11.5. The summed E-state index contributed by atoms with van der Waals surface area (Å²) in [5.41, 5.74) is 0. The molecule has 0 aromatic heterocycles. The number of nitrogens with one attached hydrogen (secondary N) is 1. The van der Waals surface area contributed by atoms with Crippen molar-refractivity contribution in [2.24, 2.45) is 5.92 Å². The highest BCUT2D eigenvalue weighted by Gasteiger charge is 2.13. The molecule has 0 saturated heterocycles. The van der Waals surface area contributed by atoms with Crippen LogP contribution in [-0.4, -0.2) is 50.7 Å². The predicted octanol–water partition coefficient (Wildman–Crippen LogP) is 1.54. The summed E-state index contributed by atoms with van der Waals surface area (Å²) in [6.07, 6.45) is 1.11. The van der Waals surface area contributed by atoms with Crippen molar-refractivity contribution >= 4 is 18.3 Å². The van der Waals surface area contributed by atoms with Crippen LogP contribution in [-0.2, 0) is 9.53 Å². The summed E-state index contributed by atoms with van der Waals surface area (Å²) in [6, 6.07) is 0. The minimum absolute atomic E-state index is 0. The van der Waals surface area contributed by atoms with E-state index in [0.29, 0.717) is 19.1 Å². The lowest BCUT2D eigenvalue weighted by Gasteiger charge is -2.24. The average molecular weight is 267 g/mol. The van der Waals surface area contributed by atoms with Gasteiger partial charge in [-0.3, -0.25) is 4.79 Å². The Kier molecular flexibility index (Phi) is 13.6. The number of hydrogen-bond donors (Lipinski definition) is 1. The summed E-state index contributed by atoms with van der Waals surface area (Å²) >= 11 is 0. The third-order valence-corrected chi connectivity index (χ3v) is 2.72. The largest absolute Gasteiger partial charge is 0.383 e. The lowest BCUT2D eigenvalue weighted by Crippen LogP contribution is -2.41. The van der Waals surface area contributed by atoms with Crippen LogP contribution < -0.4 is 5.32 Å². The van der Waals surface area contributed by atoms with Crippen LogP contribution in [0, 0.1) is 5.92 Å². The van der Waals surface area contributed by atoms with E-state index in [0.717, 1.165) is 26.1 Å². The Morgan fingerprint density at radius 2 is 2.06 bits per heavy atom. The first kappa shape index (κ1) is 19.0. The minimum atomic E-state index is 0. The van der Waals surface area contributed by atoms with Gasteiger partial charge in [0.15, 0.2) is 0 Å². The first-order valence-corrected chi connectivity index (χ1v) is 6.13. The summed E-state index contributed by atoms with van der Waals surface area (Å²) in [5, 5.41) is 3.08. The highest BCUT2D eigenvalue weighted by Crippen LogP contribution is 2.03. The van der Waals surface area contributed by atoms with Gasteiger partial charge in [-0.05, 0) is 12.8 Å². The minimum Gasteiger partial charge on any atom is -0.383 e. The van der Waals surface area contributed by atoms with Crippen LogP contribution in [0.25, 0.3) is 0 Å². The molecule has 1 amide bonds. The van der Waals surface area contributed by atoms with Crippen LogP contribution in [0.5, 0.6) is 0 Å². The molecule has 1 atom stereocenters. The van der Waals surface area contributed by atoms with E-state index in [1.807, 2.05) is 11.8 Å². The Balaban J connectivity index is 0. The summed E-state index contributed by atoms with van der Waals surface area (Å²) in [7, 11) is 1.66. The molecule has 0 aliphatic heterocycles. The molecular formula is C12H27ClN2O2. The van der Waals surface area contributed by atoms with E-state index in [4.69, 9.17) is 4.74 Å². The van der Waals surface area contributed by atoms with Gasteiger partial charge in [0.05, 0.1) is 13.2 Å². The van der Waals surface area contributed by atoms with Crippen LogP contribution in [0.2, 0.25) is 0 Å². The molecule has 1 N–H and O–H groups in total. The first-order chi connectivity index (χ1) is 7.65. The second-order valence-electron chi connectivity index (χ2n) is 4.12. The van der Waals surface area contributed by atoms with Gasteiger partial charge in [0.2, 0.25) is 5.91 Å². The lowest BCUT2D eigenvalue weighted by molar-refractivity contribution is -0.130. The number of ether oxygens (including phenoxy) is 1. The topological polar surface area (TPSA) is 41.6 Å². The van der Waals surface area contributed by atoms with Crippen molar-refractivity contribution in [2.75, 3.05) is 39.9 Å². The van der Waals surface area contributed by atoms with E-state index in [2.05, 4.69) is 19.2 Å². The van der Waals surface area contributed by atoms with Crippen molar-refractivity contribution in [1.29, 1.82) is 0 Å². The molecule has 0 aromatic carbocycles. The van der Waals surface area contributed by atoms with Crippen molar-refractivity contribution in [1.82, 2.24) is 10.2 Å². The second-order valence-corrected chi connectivity index (χ2v) is 4.12. The van der Waals surface area contributed by atoms with E-state index in [1.54, 1.807) is 7.11 Å². The molecule has 0 heterocycles. The maximum atomic E-state index is 11.8. The Bertz CT molecular complexity index is 191. The third-order valence-electron chi connectivity index (χ3n) is 2.72. The molecule has 0 aliphatic carbocycles. The van der Waals surface area contributed by atoms with Gasteiger partial charge in [0.1, 0.15) is 0 Å². The lowest BCUT2D eigenvalue weighted by atomic mass is 10.1. The fourth-order valence-corrected chi connectivity index (χ4v) is 1.39. The smallest absolute Gasteiger partial charge is 0.236 e. The van der Waals surface area contributed by atoms with Gasteiger partial charge in [0.25, 0.3) is 0 Å². The molecular weight excluding hydrogens is 240 g/mol. The number of amides is 1. The predicted molar refractivity (Wildman–Crippen MR) is 73.7 cm³/mol.